The lowest BCUT2D eigenvalue weighted by Gasteiger charge is -2.31. The molecule has 110 valence electrons. The predicted molar refractivity (Wildman–Crippen MR) is 71.3 cm³/mol. The van der Waals surface area contributed by atoms with Gasteiger partial charge in [0.2, 0.25) is 0 Å². The molecule has 0 aliphatic heterocycles. The molecule has 0 saturated carbocycles. The van der Waals surface area contributed by atoms with E-state index in [0.717, 1.165) is 0 Å². The number of rotatable bonds is 5. The van der Waals surface area contributed by atoms with E-state index in [4.69, 9.17) is 26.0 Å². The van der Waals surface area contributed by atoms with Crippen LogP contribution in [0.1, 0.15) is 48.0 Å². The summed E-state index contributed by atoms with van der Waals surface area (Å²) in [5.74, 6) is 0.397. The molecule has 7 heteroatoms. The Morgan fingerprint density at radius 2 is 1.39 bits per heavy atom. The van der Waals surface area contributed by atoms with Gasteiger partial charge in [0.25, 0.3) is 0 Å². The number of hydrogen-bond acceptors (Lipinski definition) is 6. The summed E-state index contributed by atoms with van der Waals surface area (Å²) < 4.78 is 4.45. The van der Waals surface area contributed by atoms with E-state index >= 15 is 0 Å². The second-order valence-electron chi connectivity index (χ2n) is 5.75. The second-order valence-corrected chi connectivity index (χ2v) is 5.75. The molecular weight excluding hydrogens is 237 g/mol. The molecule has 0 amide bonds. The molecule has 1 atom stereocenters. The summed E-state index contributed by atoms with van der Waals surface area (Å²) in [7, 11) is -1.76. The van der Waals surface area contributed by atoms with Crippen LogP contribution in [0.4, 0.5) is 0 Å². The maximum absolute atomic E-state index is 9.10. The summed E-state index contributed by atoms with van der Waals surface area (Å²) in [5.41, 5.74) is 3.32. The van der Waals surface area contributed by atoms with Crippen LogP contribution in [0.25, 0.3) is 0 Å². The second kappa shape index (κ2) is 8.09. The molecule has 0 aliphatic carbocycles. The van der Waals surface area contributed by atoms with Crippen LogP contribution in [0.2, 0.25) is 0 Å². The zero-order chi connectivity index (χ0) is 15.1. The third kappa shape index (κ3) is 12.3. The van der Waals surface area contributed by atoms with Crippen molar-refractivity contribution in [1.29, 1.82) is 0 Å². The van der Waals surface area contributed by atoms with Crippen LogP contribution in [0.5, 0.6) is 0 Å². The van der Waals surface area contributed by atoms with Gasteiger partial charge in [-0.25, -0.2) is 0 Å². The molecule has 0 fully saturated rings. The maximum atomic E-state index is 9.10. The van der Waals surface area contributed by atoms with Gasteiger partial charge in [-0.2, -0.15) is 0 Å². The van der Waals surface area contributed by atoms with Gasteiger partial charge in [0.05, 0.1) is 17.4 Å². The average molecular weight is 265 g/mol. The molecule has 18 heavy (non-hydrogen) atoms. The van der Waals surface area contributed by atoms with Crippen molar-refractivity contribution in [2.24, 2.45) is 11.7 Å². The Morgan fingerprint density at radius 3 is 1.56 bits per heavy atom. The maximum Gasteiger partial charge on any atom is 0.635 e. The fourth-order valence-corrected chi connectivity index (χ4v) is 0.677. The van der Waals surface area contributed by atoms with Gasteiger partial charge in [0, 0.05) is 0 Å². The van der Waals surface area contributed by atoms with Crippen molar-refractivity contribution in [1.82, 2.24) is 0 Å². The highest BCUT2D eigenvalue weighted by Crippen LogP contribution is 2.19. The standard InChI is InChI=1S/C6H14O2.C5H14BNO3/c1-5(2,7)6(3,4)8;1-4(2)3-5(7)10-6(8)9/h7-8H,1-4H3;4-5,8-9H,3,7H2,1-2H3/t;5-/m.1/s1. The third-order valence-corrected chi connectivity index (χ3v) is 2.50. The van der Waals surface area contributed by atoms with Gasteiger partial charge in [-0.1, -0.05) is 13.8 Å². The van der Waals surface area contributed by atoms with Gasteiger partial charge in [0.1, 0.15) is 0 Å². The molecule has 0 rings (SSSR count). The SMILES string of the molecule is CC(C)(O)C(C)(C)O.CC(C)C[C@H](N)OB(O)O. The van der Waals surface area contributed by atoms with Crippen molar-refractivity contribution < 1.29 is 24.9 Å². The Labute approximate surface area is 110 Å². The molecule has 0 aromatic rings. The van der Waals surface area contributed by atoms with Crippen LogP contribution in [-0.2, 0) is 4.65 Å². The third-order valence-electron chi connectivity index (χ3n) is 2.50. The first-order valence-electron chi connectivity index (χ1n) is 5.99. The van der Waals surface area contributed by atoms with E-state index in [0.29, 0.717) is 12.3 Å². The molecule has 0 heterocycles. The predicted octanol–water partition coefficient (Wildman–Crippen LogP) is -0.168. The Morgan fingerprint density at radius 1 is 1.06 bits per heavy atom. The zero-order valence-corrected chi connectivity index (χ0v) is 12.2. The number of aliphatic hydroxyl groups is 2. The quantitative estimate of drug-likeness (QED) is 0.348. The minimum atomic E-state index is -1.76. The summed E-state index contributed by atoms with van der Waals surface area (Å²) in [6, 6.07) is 0. The smallest absolute Gasteiger partial charge is 0.402 e. The Balaban J connectivity index is 0. The van der Waals surface area contributed by atoms with Crippen molar-refractivity contribution in [2.75, 3.05) is 0 Å². The molecule has 0 saturated heterocycles. The van der Waals surface area contributed by atoms with E-state index in [-0.39, 0.29) is 0 Å². The van der Waals surface area contributed by atoms with E-state index in [1.165, 1.54) is 0 Å². The van der Waals surface area contributed by atoms with Crippen molar-refractivity contribution in [3.8, 4) is 0 Å². The first-order valence-corrected chi connectivity index (χ1v) is 5.99. The summed E-state index contributed by atoms with van der Waals surface area (Å²) in [6.45, 7) is 10.3. The average Bonchev–Trinajstić information content (AvgIpc) is 1.96. The first-order chi connectivity index (χ1) is 7.77. The van der Waals surface area contributed by atoms with Crippen molar-refractivity contribution in [2.45, 2.75) is 65.4 Å². The highest BCUT2D eigenvalue weighted by atomic mass is 16.6. The topological polar surface area (TPSA) is 116 Å². The number of nitrogens with two attached hydrogens (primary N) is 1. The first kappa shape index (κ1) is 20.1. The van der Waals surface area contributed by atoms with E-state index in [2.05, 4.69) is 4.65 Å². The molecule has 0 radical (unpaired) electrons. The van der Waals surface area contributed by atoms with E-state index in [9.17, 15) is 0 Å². The van der Waals surface area contributed by atoms with Crippen molar-refractivity contribution in [3.05, 3.63) is 0 Å². The van der Waals surface area contributed by atoms with Gasteiger partial charge in [-0.15, -0.1) is 0 Å². The minimum absolute atomic E-state index is 0.397. The van der Waals surface area contributed by atoms with Crippen LogP contribution < -0.4 is 5.73 Å². The van der Waals surface area contributed by atoms with Crippen LogP contribution in [0.15, 0.2) is 0 Å². The lowest BCUT2D eigenvalue weighted by atomic mass is 9.90. The van der Waals surface area contributed by atoms with Crippen molar-refractivity contribution >= 4 is 7.32 Å². The lowest BCUT2D eigenvalue weighted by Crippen LogP contribution is -2.44. The molecule has 0 unspecified atom stereocenters. The normalized spacial score (nSPS) is 14.0. The molecule has 0 aromatic heterocycles. The van der Waals surface area contributed by atoms with Crippen LogP contribution >= 0.6 is 0 Å². The lowest BCUT2D eigenvalue weighted by molar-refractivity contribution is -0.107. The molecule has 0 aromatic carbocycles. The van der Waals surface area contributed by atoms with E-state index < -0.39 is 24.8 Å². The Bertz CT molecular complexity index is 188. The van der Waals surface area contributed by atoms with Crippen LogP contribution in [0.3, 0.4) is 0 Å². The van der Waals surface area contributed by atoms with Gasteiger partial charge >= 0.3 is 7.32 Å². The highest BCUT2D eigenvalue weighted by molar-refractivity contribution is 6.32. The fourth-order valence-electron chi connectivity index (χ4n) is 0.677. The van der Waals surface area contributed by atoms with Crippen LogP contribution in [0, 0.1) is 5.92 Å². The molecule has 6 nitrogen and oxygen atoms in total. The van der Waals surface area contributed by atoms with Crippen molar-refractivity contribution in [3.63, 3.8) is 0 Å². The Hall–Kier alpha value is -0.175. The monoisotopic (exact) mass is 265 g/mol. The Kier molecular flexibility index (Phi) is 9.05. The van der Waals surface area contributed by atoms with Gasteiger partial charge in [0.15, 0.2) is 0 Å². The molecule has 0 aliphatic rings. The van der Waals surface area contributed by atoms with Crippen LogP contribution in [-0.4, -0.2) is 45.0 Å². The zero-order valence-electron chi connectivity index (χ0n) is 12.2. The molecule has 6 N–H and O–H groups in total. The summed E-state index contributed by atoms with van der Waals surface area (Å²) in [4.78, 5) is 0. The number of hydrogen-bond donors (Lipinski definition) is 5. The summed E-state index contributed by atoms with van der Waals surface area (Å²) in [5, 5.41) is 34.8. The van der Waals surface area contributed by atoms with Gasteiger partial charge < -0.3 is 30.6 Å². The van der Waals surface area contributed by atoms with E-state index in [1.807, 2.05) is 13.8 Å². The summed E-state index contributed by atoms with van der Waals surface area (Å²) >= 11 is 0. The highest BCUT2D eigenvalue weighted by Gasteiger charge is 2.31. The minimum Gasteiger partial charge on any atom is -0.402 e. The van der Waals surface area contributed by atoms with Gasteiger partial charge in [-0.05, 0) is 40.0 Å². The summed E-state index contributed by atoms with van der Waals surface area (Å²) in [6.07, 6.45) is 0.0393. The molecule has 0 spiro atoms. The van der Waals surface area contributed by atoms with E-state index in [1.54, 1.807) is 27.7 Å². The molecule has 0 bridgehead atoms. The fraction of sp³-hybridized carbons (Fsp3) is 1.00. The molecular formula is C11H28BNO5. The van der Waals surface area contributed by atoms with Gasteiger partial charge in [-0.3, -0.25) is 0 Å². The largest absolute Gasteiger partial charge is 0.635 e.